The Bertz CT molecular complexity index is 306. The summed E-state index contributed by atoms with van der Waals surface area (Å²) in [6.07, 6.45) is -7.16. The van der Waals surface area contributed by atoms with Gasteiger partial charge in [-0.1, -0.05) is 11.6 Å². The third-order valence-electron chi connectivity index (χ3n) is 1.42. The van der Waals surface area contributed by atoms with Crippen LogP contribution in [0.1, 0.15) is 17.4 Å². The number of hydrogen-bond acceptors (Lipinski definition) is 2. The van der Waals surface area contributed by atoms with Gasteiger partial charge in [0.2, 0.25) is 0 Å². The molecule has 0 radical (unpaired) electrons. The topological polar surface area (TPSA) is 20.2 Å². The molecule has 1 heterocycles. The Balaban J connectivity index is 2.75. The molecule has 1 unspecified atom stereocenters. The van der Waals surface area contributed by atoms with Gasteiger partial charge in [0.05, 0.1) is 12.5 Å². The van der Waals surface area contributed by atoms with E-state index in [0.29, 0.717) is 8.81 Å². The third kappa shape index (κ3) is 3.42. The molecule has 7 heteroatoms. The summed E-state index contributed by atoms with van der Waals surface area (Å²) in [4.78, 5) is 0.208. The Hall–Kier alpha value is 0.220. The molecule has 0 aliphatic carbocycles. The Labute approximate surface area is 95.6 Å². The summed E-state index contributed by atoms with van der Waals surface area (Å²) in [7, 11) is 0. The Morgan fingerprint density at radius 2 is 2.14 bits per heavy atom. The zero-order valence-corrected chi connectivity index (χ0v) is 9.77. The van der Waals surface area contributed by atoms with Crippen molar-refractivity contribution in [1.82, 2.24) is 0 Å². The first-order chi connectivity index (χ1) is 6.29. The summed E-state index contributed by atoms with van der Waals surface area (Å²) in [6.45, 7) is 0. The molecule has 0 amide bonds. The molecule has 0 spiro atoms. The second-order valence-electron chi connectivity index (χ2n) is 2.61. The Morgan fingerprint density at radius 3 is 2.50 bits per heavy atom. The Kier molecular flexibility index (Phi) is 3.85. The molecule has 1 N–H and O–H groups in total. The number of aliphatic hydroxyl groups excluding tert-OH is 1. The molecule has 1 aromatic heterocycles. The summed E-state index contributed by atoms with van der Waals surface area (Å²) in [6, 6.07) is 1.39. The predicted molar refractivity (Wildman–Crippen MR) is 52.7 cm³/mol. The highest BCUT2D eigenvalue weighted by atomic mass is 79.9. The second-order valence-corrected chi connectivity index (χ2v) is 5.15. The number of halogens is 5. The van der Waals surface area contributed by atoms with Crippen molar-refractivity contribution in [2.45, 2.75) is 18.7 Å². The number of alkyl halides is 3. The number of rotatable bonds is 2. The fourth-order valence-corrected chi connectivity index (χ4v) is 2.57. The van der Waals surface area contributed by atoms with E-state index in [1.807, 2.05) is 0 Å². The number of aliphatic hydroxyl groups is 1. The standard InChI is InChI=1S/C7H5BrClF3OS/c8-3-1-5(14-6(3)9)4(13)2-7(10,11)12/h1,4,13H,2H2. The van der Waals surface area contributed by atoms with Gasteiger partial charge < -0.3 is 5.11 Å². The smallest absolute Gasteiger partial charge is 0.387 e. The van der Waals surface area contributed by atoms with Gasteiger partial charge >= 0.3 is 6.18 Å². The zero-order chi connectivity index (χ0) is 10.9. The van der Waals surface area contributed by atoms with Gasteiger partial charge in [0, 0.05) is 9.35 Å². The maximum absolute atomic E-state index is 11.9. The van der Waals surface area contributed by atoms with Crippen LogP contribution >= 0.6 is 38.9 Å². The van der Waals surface area contributed by atoms with Crippen LogP contribution in [0.25, 0.3) is 0 Å². The Morgan fingerprint density at radius 1 is 1.57 bits per heavy atom. The van der Waals surface area contributed by atoms with E-state index >= 15 is 0 Å². The molecule has 0 saturated carbocycles. The van der Waals surface area contributed by atoms with Crippen LogP contribution in [0.5, 0.6) is 0 Å². The van der Waals surface area contributed by atoms with E-state index < -0.39 is 18.7 Å². The van der Waals surface area contributed by atoms with E-state index in [4.69, 9.17) is 11.6 Å². The van der Waals surface area contributed by atoms with E-state index in [-0.39, 0.29) is 4.88 Å². The largest absolute Gasteiger partial charge is 0.391 e. The average Bonchev–Trinajstić information content (AvgIpc) is 2.28. The van der Waals surface area contributed by atoms with Crippen LogP contribution < -0.4 is 0 Å². The van der Waals surface area contributed by atoms with Crippen molar-refractivity contribution >= 4 is 38.9 Å². The van der Waals surface area contributed by atoms with Gasteiger partial charge in [0.1, 0.15) is 4.34 Å². The van der Waals surface area contributed by atoms with Gasteiger partial charge in [0.25, 0.3) is 0 Å². The van der Waals surface area contributed by atoms with Crippen molar-refractivity contribution in [2.24, 2.45) is 0 Å². The van der Waals surface area contributed by atoms with Crippen LogP contribution in [0.3, 0.4) is 0 Å². The van der Waals surface area contributed by atoms with Crippen molar-refractivity contribution in [3.63, 3.8) is 0 Å². The molecule has 1 atom stereocenters. The van der Waals surface area contributed by atoms with E-state index in [9.17, 15) is 18.3 Å². The third-order valence-corrected chi connectivity index (χ3v) is 3.99. The SMILES string of the molecule is OC(CC(F)(F)F)c1cc(Br)c(Cl)s1. The lowest BCUT2D eigenvalue weighted by Gasteiger charge is -2.10. The molecular formula is C7H5BrClF3OS. The highest BCUT2D eigenvalue weighted by Gasteiger charge is 2.32. The quantitative estimate of drug-likeness (QED) is 0.870. The first-order valence-electron chi connectivity index (χ1n) is 3.49. The second kappa shape index (κ2) is 4.38. The zero-order valence-electron chi connectivity index (χ0n) is 6.61. The van der Waals surface area contributed by atoms with E-state index in [0.717, 1.165) is 11.3 Å². The van der Waals surface area contributed by atoms with Gasteiger partial charge in [-0.05, 0) is 22.0 Å². The van der Waals surface area contributed by atoms with Gasteiger partial charge in [-0.2, -0.15) is 13.2 Å². The van der Waals surface area contributed by atoms with Gasteiger partial charge in [-0.25, -0.2) is 0 Å². The fourth-order valence-electron chi connectivity index (χ4n) is 0.847. The van der Waals surface area contributed by atoms with Crippen LogP contribution in [0, 0.1) is 0 Å². The van der Waals surface area contributed by atoms with Crippen LogP contribution in [-0.2, 0) is 0 Å². The summed E-state index contributed by atoms with van der Waals surface area (Å²) < 4.78 is 36.5. The van der Waals surface area contributed by atoms with Gasteiger partial charge in [-0.15, -0.1) is 11.3 Å². The molecule has 1 aromatic rings. The maximum Gasteiger partial charge on any atom is 0.391 e. The van der Waals surface area contributed by atoms with Crippen molar-refractivity contribution in [3.05, 3.63) is 19.8 Å². The van der Waals surface area contributed by atoms with E-state index in [2.05, 4.69) is 15.9 Å². The fraction of sp³-hybridized carbons (Fsp3) is 0.429. The van der Waals surface area contributed by atoms with Crippen molar-refractivity contribution in [2.75, 3.05) is 0 Å². The van der Waals surface area contributed by atoms with Crippen LogP contribution in [0.4, 0.5) is 13.2 Å². The summed E-state index contributed by atoms with van der Waals surface area (Å²) in [5.74, 6) is 0. The lowest BCUT2D eigenvalue weighted by molar-refractivity contribution is -0.153. The van der Waals surface area contributed by atoms with E-state index in [1.165, 1.54) is 6.07 Å². The first kappa shape index (κ1) is 12.3. The summed E-state index contributed by atoms with van der Waals surface area (Å²) in [5.41, 5.74) is 0. The molecule has 0 fully saturated rings. The summed E-state index contributed by atoms with van der Waals surface area (Å²) in [5, 5.41) is 9.20. The minimum Gasteiger partial charge on any atom is -0.387 e. The molecule has 1 rings (SSSR count). The minimum atomic E-state index is -4.37. The molecule has 0 aliphatic rings. The first-order valence-corrected chi connectivity index (χ1v) is 5.48. The summed E-state index contributed by atoms with van der Waals surface area (Å²) >= 11 is 9.61. The lowest BCUT2D eigenvalue weighted by Crippen LogP contribution is -2.12. The van der Waals surface area contributed by atoms with Crippen molar-refractivity contribution < 1.29 is 18.3 Å². The molecule has 0 aromatic carbocycles. The van der Waals surface area contributed by atoms with Crippen molar-refractivity contribution in [3.8, 4) is 0 Å². The maximum atomic E-state index is 11.9. The van der Waals surface area contributed by atoms with E-state index in [1.54, 1.807) is 0 Å². The average molecular weight is 310 g/mol. The van der Waals surface area contributed by atoms with Crippen LogP contribution in [0.15, 0.2) is 10.5 Å². The van der Waals surface area contributed by atoms with Gasteiger partial charge in [-0.3, -0.25) is 0 Å². The molecule has 14 heavy (non-hydrogen) atoms. The number of thiophene rings is 1. The van der Waals surface area contributed by atoms with Crippen LogP contribution in [-0.4, -0.2) is 11.3 Å². The molecule has 0 saturated heterocycles. The monoisotopic (exact) mass is 308 g/mol. The molecule has 0 aliphatic heterocycles. The highest BCUT2D eigenvalue weighted by Crippen LogP contribution is 2.38. The van der Waals surface area contributed by atoms with Crippen molar-refractivity contribution in [1.29, 1.82) is 0 Å². The molecule has 1 nitrogen and oxygen atoms in total. The molecule has 0 bridgehead atoms. The highest BCUT2D eigenvalue weighted by molar-refractivity contribution is 9.10. The number of hydrogen-bond donors (Lipinski definition) is 1. The molecular weight excluding hydrogens is 304 g/mol. The normalized spacial score (nSPS) is 14.4. The minimum absolute atomic E-state index is 0.208. The predicted octanol–water partition coefficient (Wildman–Crippen LogP) is 4.15. The van der Waals surface area contributed by atoms with Crippen LogP contribution in [0.2, 0.25) is 4.34 Å². The molecule has 80 valence electrons. The lowest BCUT2D eigenvalue weighted by atomic mass is 10.2. The van der Waals surface area contributed by atoms with Gasteiger partial charge in [0.15, 0.2) is 0 Å².